The van der Waals surface area contributed by atoms with Gasteiger partial charge in [-0.15, -0.1) is 0 Å². The maximum Gasteiger partial charge on any atom is 0.329 e. The van der Waals surface area contributed by atoms with Gasteiger partial charge >= 0.3 is 18.0 Å². The highest BCUT2D eigenvalue weighted by molar-refractivity contribution is 5.89. The number of esters is 2. The van der Waals surface area contributed by atoms with E-state index >= 15 is 0 Å². The van der Waals surface area contributed by atoms with E-state index in [-0.39, 0.29) is 18.6 Å². The summed E-state index contributed by atoms with van der Waals surface area (Å²) in [5, 5.41) is 5.11. The fraction of sp³-hybridized carbons (Fsp3) is 0.810. The lowest BCUT2D eigenvalue weighted by molar-refractivity contribution is -0.158. The molecule has 0 radical (unpaired) electrons. The molecule has 0 aromatic carbocycles. The highest BCUT2D eigenvalue weighted by atomic mass is 16.6. The van der Waals surface area contributed by atoms with Gasteiger partial charge in [-0.05, 0) is 80.7 Å². The van der Waals surface area contributed by atoms with Gasteiger partial charge in [0.05, 0.1) is 6.04 Å². The van der Waals surface area contributed by atoms with Crippen LogP contribution in [-0.4, -0.2) is 53.6 Å². The number of nitrogens with one attached hydrogen (secondary N) is 2. The van der Waals surface area contributed by atoms with Gasteiger partial charge in [0.25, 0.3) is 0 Å². The summed E-state index contributed by atoms with van der Waals surface area (Å²) in [5.41, 5.74) is 4.05. The molecule has 0 aromatic heterocycles. The van der Waals surface area contributed by atoms with Crippen molar-refractivity contribution in [1.82, 2.24) is 10.6 Å². The van der Waals surface area contributed by atoms with Crippen molar-refractivity contribution in [3.05, 3.63) is 0 Å². The molecule has 0 unspecified atom stereocenters. The van der Waals surface area contributed by atoms with Gasteiger partial charge in [-0.3, -0.25) is 9.59 Å². The Labute approximate surface area is 179 Å². The Bertz CT molecular complexity index is 593. The van der Waals surface area contributed by atoms with Crippen molar-refractivity contribution in [3.63, 3.8) is 0 Å². The Morgan fingerprint density at radius 2 is 1.37 bits per heavy atom. The third-order valence-electron chi connectivity index (χ3n) is 3.80. The van der Waals surface area contributed by atoms with E-state index in [2.05, 4.69) is 10.6 Å². The molecule has 0 aliphatic rings. The molecule has 4 N–H and O–H groups in total. The molecule has 9 nitrogen and oxygen atoms in total. The molecule has 0 fully saturated rings. The average Bonchev–Trinajstić information content (AvgIpc) is 2.54. The van der Waals surface area contributed by atoms with Crippen molar-refractivity contribution < 1.29 is 28.7 Å². The summed E-state index contributed by atoms with van der Waals surface area (Å²) in [4.78, 5) is 48.8. The molecule has 2 atom stereocenters. The SMILES string of the molecule is CC(=O)[C@H](CCCCN)NC(=O)N[C@@H](CCC(=O)OC(C)(C)C)C(=O)OC(C)(C)C. The van der Waals surface area contributed by atoms with Crippen LogP contribution in [0.15, 0.2) is 0 Å². The summed E-state index contributed by atoms with van der Waals surface area (Å²) in [6, 6.07) is -2.42. The Morgan fingerprint density at radius 3 is 1.83 bits per heavy atom. The van der Waals surface area contributed by atoms with Crippen LogP contribution in [-0.2, 0) is 23.9 Å². The van der Waals surface area contributed by atoms with E-state index in [4.69, 9.17) is 15.2 Å². The number of ether oxygens (including phenoxy) is 2. The van der Waals surface area contributed by atoms with Gasteiger partial charge in [0.2, 0.25) is 0 Å². The lowest BCUT2D eigenvalue weighted by Crippen LogP contribution is -2.52. The summed E-state index contributed by atoms with van der Waals surface area (Å²) in [7, 11) is 0. The van der Waals surface area contributed by atoms with Crippen molar-refractivity contribution in [3.8, 4) is 0 Å². The first-order chi connectivity index (χ1) is 13.6. The number of unbranched alkanes of at least 4 members (excludes halogenated alkanes) is 1. The van der Waals surface area contributed by atoms with Gasteiger partial charge in [-0.25, -0.2) is 9.59 Å². The number of amides is 2. The highest BCUT2D eigenvalue weighted by Crippen LogP contribution is 2.13. The predicted molar refractivity (Wildman–Crippen MR) is 114 cm³/mol. The first kappa shape index (κ1) is 27.8. The van der Waals surface area contributed by atoms with Crippen molar-refractivity contribution in [1.29, 1.82) is 0 Å². The number of Topliss-reactive ketones (excluding diaryl/α,β-unsaturated/α-hetero) is 1. The van der Waals surface area contributed by atoms with Crippen LogP contribution >= 0.6 is 0 Å². The number of ketones is 1. The number of hydrogen-bond donors (Lipinski definition) is 3. The standard InChI is InChI=1S/C21H39N3O6/c1-14(25)15(10-8-9-13-22)23-19(28)24-16(18(27)30-21(5,6)7)11-12-17(26)29-20(2,3)4/h15-16H,8-13,22H2,1-7H3,(H2,23,24,28)/t15-,16-/m0/s1. The van der Waals surface area contributed by atoms with Crippen molar-refractivity contribution >= 4 is 23.8 Å². The molecule has 0 aliphatic carbocycles. The fourth-order valence-corrected chi connectivity index (χ4v) is 2.50. The van der Waals surface area contributed by atoms with E-state index in [1.807, 2.05) is 0 Å². The molecule has 0 spiro atoms. The first-order valence-corrected chi connectivity index (χ1v) is 10.4. The van der Waals surface area contributed by atoms with Crippen LogP contribution in [0.1, 0.15) is 80.6 Å². The van der Waals surface area contributed by atoms with Gasteiger partial charge in [0.1, 0.15) is 17.2 Å². The van der Waals surface area contributed by atoms with Crippen molar-refractivity contribution in [2.24, 2.45) is 5.73 Å². The molecule has 0 saturated heterocycles. The minimum atomic E-state index is -1.06. The highest BCUT2D eigenvalue weighted by Gasteiger charge is 2.29. The monoisotopic (exact) mass is 429 g/mol. The van der Waals surface area contributed by atoms with E-state index in [0.717, 1.165) is 6.42 Å². The zero-order valence-corrected chi connectivity index (χ0v) is 19.4. The number of urea groups is 1. The molecule has 0 rings (SSSR count). The number of rotatable bonds is 11. The van der Waals surface area contributed by atoms with Gasteiger partial charge in [-0.1, -0.05) is 0 Å². The van der Waals surface area contributed by atoms with E-state index in [1.165, 1.54) is 6.92 Å². The van der Waals surface area contributed by atoms with Gasteiger partial charge < -0.3 is 25.8 Å². The maximum absolute atomic E-state index is 12.5. The topological polar surface area (TPSA) is 137 Å². The Balaban J connectivity index is 5.07. The van der Waals surface area contributed by atoms with Crippen LogP contribution in [0.4, 0.5) is 4.79 Å². The number of nitrogens with two attached hydrogens (primary N) is 1. The van der Waals surface area contributed by atoms with E-state index in [1.54, 1.807) is 41.5 Å². The third-order valence-corrected chi connectivity index (χ3v) is 3.80. The maximum atomic E-state index is 12.5. The van der Waals surface area contributed by atoms with Crippen LogP contribution < -0.4 is 16.4 Å². The lowest BCUT2D eigenvalue weighted by Gasteiger charge is -2.26. The van der Waals surface area contributed by atoms with Crippen molar-refractivity contribution in [2.75, 3.05) is 6.54 Å². The zero-order chi connectivity index (χ0) is 23.5. The molecule has 0 bridgehead atoms. The van der Waals surface area contributed by atoms with Crippen LogP contribution in [0.2, 0.25) is 0 Å². The van der Waals surface area contributed by atoms with Gasteiger partial charge in [0, 0.05) is 6.42 Å². The number of hydrogen-bond acceptors (Lipinski definition) is 7. The number of carbonyl (C=O) groups is 4. The molecule has 9 heteroatoms. The molecule has 2 amide bonds. The zero-order valence-electron chi connectivity index (χ0n) is 19.4. The average molecular weight is 430 g/mol. The Hall–Kier alpha value is -2.16. The normalized spacial score (nSPS) is 13.7. The second kappa shape index (κ2) is 12.5. The summed E-state index contributed by atoms with van der Waals surface area (Å²) in [5.74, 6) is -1.34. The summed E-state index contributed by atoms with van der Waals surface area (Å²) in [6.07, 6.45) is 1.82. The minimum absolute atomic E-state index is 0.00909. The van der Waals surface area contributed by atoms with E-state index in [0.29, 0.717) is 19.4 Å². The Morgan fingerprint density at radius 1 is 0.833 bits per heavy atom. The van der Waals surface area contributed by atoms with E-state index in [9.17, 15) is 19.2 Å². The van der Waals surface area contributed by atoms with Crippen LogP contribution in [0, 0.1) is 0 Å². The quantitative estimate of drug-likeness (QED) is 0.338. The summed E-state index contributed by atoms with van der Waals surface area (Å²) < 4.78 is 10.6. The molecule has 0 saturated carbocycles. The van der Waals surface area contributed by atoms with E-state index < -0.39 is 41.3 Å². The Kier molecular flexibility index (Phi) is 11.6. The molecule has 0 aliphatic heterocycles. The van der Waals surface area contributed by atoms with Crippen LogP contribution in [0.3, 0.4) is 0 Å². The smallest absolute Gasteiger partial charge is 0.329 e. The van der Waals surface area contributed by atoms with Crippen LogP contribution in [0.25, 0.3) is 0 Å². The second-order valence-corrected chi connectivity index (χ2v) is 9.28. The summed E-state index contributed by atoms with van der Waals surface area (Å²) >= 11 is 0. The second-order valence-electron chi connectivity index (χ2n) is 9.28. The largest absolute Gasteiger partial charge is 0.460 e. The van der Waals surface area contributed by atoms with Crippen molar-refractivity contribution in [2.45, 2.75) is 104 Å². The molecule has 174 valence electrons. The molecule has 30 heavy (non-hydrogen) atoms. The minimum Gasteiger partial charge on any atom is -0.460 e. The van der Waals surface area contributed by atoms with Gasteiger partial charge in [0.15, 0.2) is 5.78 Å². The molecular weight excluding hydrogens is 390 g/mol. The molecular formula is C21H39N3O6. The predicted octanol–water partition coefficient (Wildman–Crippen LogP) is 2.20. The van der Waals surface area contributed by atoms with Crippen LogP contribution in [0.5, 0.6) is 0 Å². The first-order valence-electron chi connectivity index (χ1n) is 10.4. The summed E-state index contributed by atoms with van der Waals surface area (Å²) in [6.45, 7) is 12.2. The molecule has 0 heterocycles. The lowest BCUT2D eigenvalue weighted by atomic mass is 10.1. The fourth-order valence-electron chi connectivity index (χ4n) is 2.50. The number of carbonyl (C=O) groups excluding carboxylic acids is 4. The third kappa shape index (κ3) is 13.9. The van der Waals surface area contributed by atoms with Gasteiger partial charge in [-0.2, -0.15) is 0 Å². The molecule has 0 aromatic rings.